The largest absolute Gasteiger partial charge is 0.493 e. The number of nitrogens with zero attached hydrogens (tertiary/aromatic N) is 1. The molecule has 0 bridgehead atoms. The van der Waals surface area contributed by atoms with Gasteiger partial charge in [-0.25, -0.2) is 4.39 Å². The maximum Gasteiger partial charge on any atom is 0.144 e. The molecular formula is C13H18BrFN2O2. The highest BCUT2D eigenvalue weighted by atomic mass is 79.9. The first-order chi connectivity index (χ1) is 8.86. The highest BCUT2D eigenvalue weighted by Gasteiger charge is 2.22. The van der Waals surface area contributed by atoms with Crippen molar-refractivity contribution in [2.24, 2.45) is 16.3 Å². The van der Waals surface area contributed by atoms with Crippen LogP contribution in [0.15, 0.2) is 27.8 Å². The molecule has 0 saturated heterocycles. The number of hydrogen-bond acceptors (Lipinski definition) is 3. The molecule has 0 amide bonds. The molecule has 1 rings (SSSR count). The van der Waals surface area contributed by atoms with Crippen molar-refractivity contribution in [1.82, 2.24) is 0 Å². The molecule has 19 heavy (non-hydrogen) atoms. The van der Waals surface area contributed by atoms with Crippen LogP contribution in [0.1, 0.15) is 26.7 Å². The predicted molar refractivity (Wildman–Crippen MR) is 76.0 cm³/mol. The van der Waals surface area contributed by atoms with Crippen LogP contribution in [-0.4, -0.2) is 17.6 Å². The van der Waals surface area contributed by atoms with E-state index in [1.807, 2.05) is 13.8 Å². The van der Waals surface area contributed by atoms with Crippen molar-refractivity contribution in [2.45, 2.75) is 26.7 Å². The zero-order valence-corrected chi connectivity index (χ0v) is 12.6. The van der Waals surface area contributed by atoms with Crippen molar-refractivity contribution in [3.05, 3.63) is 28.5 Å². The molecule has 1 aromatic rings. The van der Waals surface area contributed by atoms with E-state index in [2.05, 4.69) is 21.1 Å². The summed E-state index contributed by atoms with van der Waals surface area (Å²) in [4.78, 5) is 0. The lowest BCUT2D eigenvalue weighted by Gasteiger charge is -2.22. The fourth-order valence-corrected chi connectivity index (χ4v) is 1.78. The molecule has 1 aromatic carbocycles. The molecule has 106 valence electrons. The zero-order chi connectivity index (χ0) is 14.5. The van der Waals surface area contributed by atoms with Crippen LogP contribution >= 0.6 is 15.9 Å². The van der Waals surface area contributed by atoms with E-state index in [0.717, 1.165) is 6.42 Å². The standard InChI is InChI=1S/C13H18BrFN2O2/c1-13(2,12(16)17-18)6-3-7-19-9-4-5-10(14)11(15)8-9/h4-5,8,18H,3,6-7H2,1-2H3,(H2,16,17). The lowest BCUT2D eigenvalue weighted by molar-refractivity contribution is 0.276. The van der Waals surface area contributed by atoms with Crippen LogP contribution in [0, 0.1) is 11.2 Å². The molecule has 0 aliphatic rings. The fraction of sp³-hybridized carbons (Fsp3) is 0.462. The van der Waals surface area contributed by atoms with Gasteiger partial charge in [0.1, 0.15) is 17.4 Å². The summed E-state index contributed by atoms with van der Waals surface area (Å²) >= 11 is 3.08. The van der Waals surface area contributed by atoms with Gasteiger partial charge in [0.15, 0.2) is 0 Å². The summed E-state index contributed by atoms with van der Waals surface area (Å²) in [5, 5.41) is 11.7. The van der Waals surface area contributed by atoms with Crippen LogP contribution in [0.3, 0.4) is 0 Å². The average Bonchev–Trinajstić information content (AvgIpc) is 2.37. The van der Waals surface area contributed by atoms with Gasteiger partial charge in [0.25, 0.3) is 0 Å². The summed E-state index contributed by atoms with van der Waals surface area (Å²) in [6.07, 6.45) is 1.43. The number of nitrogens with two attached hydrogens (primary N) is 1. The van der Waals surface area contributed by atoms with E-state index >= 15 is 0 Å². The summed E-state index contributed by atoms with van der Waals surface area (Å²) in [6, 6.07) is 4.63. The molecule has 6 heteroatoms. The van der Waals surface area contributed by atoms with Crippen LogP contribution in [0.25, 0.3) is 0 Å². The van der Waals surface area contributed by atoms with E-state index in [4.69, 9.17) is 15.7 Å². The Hall–Kier alpha value is -1.30. The second kappa shape index (κ2) is 6.75. The normalized spacial score (nSPS) is 12.5. The molecular weight excluding hydrogens is 315 g/mol. The van der Waals surface area contributed by atoms with Crippen molar-refractivity contribution in [3.8, 4) is 5.75 Å². The van der Waals surface area contributed by atoms with E-state index in [1.54, 1.807) is 12.1 Å². The summed E-state index contributed by atoms with van der Waals surface area (Å²) in [7, 11) is 0. The molecule has 0 atom stereocenters. The Morgan fingerprint density at radius 3 is 2.79 bits per heavy atom. The summed E-state index contributed by atoms with van der Waals surface area (Å²) in [6.45, 7) is 4.23. The SMILES string of the molecule is CC(C)(CCCOc1ccc(Br)c(F)c1)C(N)=NO. The van der Waals surface area contributed by atoms with Gasteiger partial charge in [0.05, 0.1) is 11.1 Å². The molecule has 0 saturated carbocycles. The minimum absolute atomic E-state index is 0.196. The molecule has 0 aliphatic carbocycles. The van der Waals surface area contributed by atoms with Crippen molar-refractivity contribution in [2.75, 3.05) is 6.61 Å². The molecule has 0 unspecified atom stereocenters. The highest BCUT2D eigenvalue weighted by Crippen LogP contribution is 2.24. The fourth-order valence-electron chi connectivity index (χ4n) is 1.53. The molecule has 0 aromatic heterocycles. The van der Waals surface area contributed by atoms with Crippen LogP contribution < -0.4 is 10.5 Å². The third-order valence-corrected chi connectivity index (χ3v) is 3.55. The third kappa shape index (κ3) is 4.70. The quantitative estimate of drug-likeness (QED) is 0.275. The number of amidine groups is 1. The number of rotatable bonds is 6. The number of benzene rings is 1. The highest BCUT2D eigenvalue weighted by molar-refractivity contribution is 9.10. The maximum absolute atomic E-state index is 13.2. The molecule has 0 spiro atoms. The minimum Gasteiger partial charge on any atom is -0.493 e. The van der Waals surface area contributed by atoms with E-state index in [0.29, 0.717) is 23.2 Å². The van der Waals surface area contributed by atoms with Gasteiger partial charge >= 0.3 is 0 Å². The van der Waals surface area contributed by atoms with E-state index < -0.39 is 0 Å². The van der Waals surface area contributed by atoms with Crippen molar-refractivity contribution in [1.29, 1.82) is 0 Å². The average molecular weight is 333 g/mol. The van der Waals surface area contributed by atoms with E-state index in [9.17, 15) is 4.39 Å². The topological polar surface area (TPSA) is 67.8 Å². The maximum atomic E-state index is 13.2. The van der Waals surface area contributed by atoms with Gasteiger partial charge in [-0.05, 0) is 40.9 Å². The van der Waals surface area contributed by atoms with Gasteiger partial charge < -0.3 is 15.7 Å². The molecule has 0 heterocycles. The zero-order valence-electron chi connectivity index (χ0n) is 11.0. The van der Waals surface area contributed by atoms with Crippen LogP contribution in [0.5, 0.6) is 5.75 Å². The van der Waals surface area contributed by atoms with E-state index in [-0.39, 0.29) is 17.1 Å². The van der Waals surface area contributed by atoms with E-state index in [1.165, 1.54) is 6.07 Å². The molecule has 3 N–H and O–H groups in total. The van der Waals surface area contributed by atoms with Crippen LogP contribution in [-0.2, 0) is 0 Å². The molecule has 0 aliphatic heterocycles. The number of halogens is 2. The molecule has 4 nitrogen and oxygen atoms in total. The number of oxime groups is 1. The Bertz CT molecular complexity index is 464. The lowest BCUT2D eigenvalue weighted by Crippen LogP contribution is -2.32. The molecule has 0 fully saturated rings. The minimum atomic E-state index is -0.386. The van der Waals surface area contributed by atoms with Crippen molar-refractivity contribution in [3.63, 3.8) is 0 Å². The summed E-state index contributed by atoms with van der Waals surface area (Å²) < 4.78 is 19.1. The van der Waals surface area contributed by atoms with Crippen molar-refractivity contribution < 1.29 is 14.3 Å². The van der Waals surface area contributed by atoms with Crippen LogP contribution in [0.2, 0.25) is 0 Å². The summed E-state index contributed by atoms with van der Waals surface area (Å²) in [5.41, 5.74) is 5.20. The number of ether oxygens (including phenoxy) is 1. The third-order valence-electron chi connectivity index (χ3n) is 2.91. The van der Waals surface area contributed by atoms with Gasteiger partial charge in [0, 0.05) is 11.5 Å². The van der Waals surface area contributed by atoms with Gasteiger partial charge in [-0.3, -0.25) is 0 Å². The number of hydrogen-bond donors (Lipinski definition) is 2. The predicted octanol–water partition coefficient (Wildman–Crippen LogP) is 3.52. The van der Waals surface area contributed by atoms with Crippen molar-refractivity contribution >= 4 is 21.8 Å². The lowest BCUT2D eigenvalue weighted by atomic mass is 9.87. The Morgan fingerprint density at radius 1 is 1.53 bits per heavy atom. The Balaban J connectivity index is 2.41. The Morgan fingerprint density at radius 2 is 2.21 bits per heavy atom. The molecule has 0 radical (unpaired) electrons. The van der Waals surface area contributed by atoms with Gasteiger partial charge in [-0.2, -0.15) is 0 Å². The van der Waals surface area contributed by atoms with Gasteiger partial charge in [-0.15, -0.1) is 0 Å². The van der Waals surface area contributed by atoms with Gasteiger partial charge in [-0.1, -0.05) is 19.0 Å². The Labute approximate surface area is 120 Å². The first-order valence-corrected chi connectivity index (χ1v) is 6.72. The second-order valence-electron chi connectivity index (χ2n) is 4.90. The summed E-state index contributed by atoms with van der Waals surface area (Å²) in [5.74, 6) is 0.332. The monoisotopic (exact) mass is 332 g/mol. The smallest absolute Gasteiger partial charge is 0.144 e. The van der Waals surface area contributed by atoms with Gasteiger partial charge in [0.2, 0.25) is 0 Å². The first kappa shape index (κ1) is 15.8. The first-order valence-electron chi connectivity index (χ1n) is 5.92. The Kier molecular flexibility index (Phi) is 5.60. The second-order valence-corrected chi connectivity index (χ2v) is 5.75. The van der Waals surface area contributed by atoms with Crippen LogP contribution in [0.4, 0.5) is 4.39 Å².